The second-order valence-electron chi connectivity index (χ2n) is 10.7. The minimum atomic E-state index is -0.453. The Kier molecular flexibility index (Phi) is 11.2. The normalized spacial score (nSPS) is 19.0. The highest BCUT2D eigenvalue weighted by atomic mass is 32.2. The van der Waals surface area contributed by atoms with Crippen LogP contribution in [0.15, 0.2) is 71.6 Å². The van der Waals surface area contributed by atoms with Gasteiger partial charge in [0.05, 0.1) is 25.4 Å². The molecule has 5 rings (SSSR count). The Morgan fingerprint density at radius 3 is 2.62 bits per heavy atom. The summed E-state index contributed by atoms with van der Waals surface area (Å²) in [7, 11) is 1.58. The first kappa shape index (κ1) is 32.1. The molecule has 4 bridgehead atoms. The Hall–Kier alpha value is -4.26. The first-order chi connectivity index (χ1) is 21.9. The number of urea groups is 1. The molecule has 3 N–H and O–H groups in total. The summed E-state index contributed by atoms with van der Waals surface area (Å²) in [6.07, 6.45) is 2.06. The predicted molar refractivity (Wildman–Crippen MR) is 170 cm³/mol. The average molecular weight is 635 g/mol. The van der Waals surface area contributed by atoms with Gasteiger partial charge in [0.25, 0.3) is 11.8 Å². The molecule has 0 radical (unpaired) electrons. The summed E-state index contributed by atoms with van der Waals surface area (Å²) in [5.74, 6) is 1.04. The Balaban J connectivity index is 1.36. The number of carbonyl (C=O) groups excluding carboxylic acids is 3. The van der Waals surface area contributed by atoms with E-state index in [-0.39, 0.29) is 43.6 Å². The summed E-state index contributed by atoms with van der Waals surface area (Å²) in [5.41, 5.74) is 1.81. The number of carbonyl (C=O) groups is 3. The van der Waals surface area contributed by atoms with Gasteiger partial charge in [-0.25, -0.2) is 4.79 Å². The van der Waals surface area contributed by atoms with Crippen LogP contribution in [0.25, 0.3) is 0 Å². The first-order valence-electron chi connectivity index (χ1n) is 14.8. The fraction of sp³-hybridized carbons (Fsp3) is 0.364. The zero-order chi connectivity index (χ0) is 31.6. The second kappa shape index (κ2) is 15.6. The summed E-state index contributed by atoms with van der Waals surface area (Å²) in [5, 5.41) is 8.64. The number of methoxy groups -OCH3 is 1. The second-order valence-corrected chi connectivity index (χ2v) is 11.5. The highest BCUT2D eigenvalue weighted by Crippen LogP contribution is 2.29. The van der Waals surface area contributed by atoms with Crippen LogP contribution in [-0.4, -0.2) is 87.6 Å². The smallest absolute Gasteiger partial charge is 0.315 e. The van der Waals surface area contributed by atoms with Gasteiger partial charge >= 0.3 is 6.03 Å². The largest absolute Gasteiger partial charge is 0.491 e. The van der Waals surface area contributed by atoms with Crippen LogP contribution in [0.5, 0.6) is 17.2 Å². The summed E-state index contributed by atoms with van der Waals surface area (Å²) >= 11 is 1.62. The third-order valence-electron chi connectivity index (χ3n) is 7.49. The number of rotatable bonds is 6. The molecule has 12 heteroatoms. The number of nitrogens with one attached hydrogen (secondary N) is 3. The van der Waals surface area contributed by atoms with Gasteiger partial charge < -0.3 is 39.8 Å². The van der Waals surface area contributed by atoms with Gasteiger partial charge in [0.1, 0.15) is 23.9 Å². The summed E-state index contributed by atoms with van der Waals surface area (Å²) in [6.45, 7) is 2.15. The molecule has 2 aliphatic rings. The number of thioether (sulfide) groups is 1. The van der Waals surface area contributed by atoms with E-state index in [9.17, 15) is 14.4 Å². The Morgan fingerprint density at radius 1 is 1.00 bits per heavy atom. The first-order valence-corrected chi connectivity index (χ1v) is 16.1. The molecular weight excluding hydrogens is 596 g/mol. The molecule has 0 unspecified atom stereocenters. The minimum Gasteiger partial charge on any atom is -0.491 e. The van der Waals surface area contributed by atoms with E-state index in [0.29, 0.717) is 61.1 Å². The van der Waals surface area contributed by atoms with Crippen LogP contribution in [0.2, 0.25) is 0 Å². The van der Waals surface area contributed by atoms with Crippen LogP contribution in [0, 0.1) is 0 Å². The molecule has 238 valence electrons. The zero-order valence-corrected chi connectivity index (χ0v) is 26.2. The molecule has 2 heterocycles. The van der Waals surface area contributed by atoms with Gasteiger partial charge in [0, 0.05) is 55.4 Å². The number of hydrogen-bond acceptors (Lipinski definition) is 8. The van der Waals surface area contributed by atoms with Crippen molar-refractivity contribution in [1.29, 1.82) is 0 Å². The van der Waals surface area contributed by atoms with E-state index >= 15 is 0 Å². The molecule has 11 nitrogen and oxygen atoms in total. The molecule has 0 saturated carbocycles. The number of piperidine rings is 1. The molecule has 3 aromatic rings. The van der Waals surface area contributed by atoms with Gasteiger partial charge in [-0.2, -0.15) is 0 Å². The van der Waals surface area contributed by atoms with E-state index in [1.165, 1.54) is 0 Å². The predicted octanol–water partition coefficient (Wildman–Crippen LogP) is 4.07. The van der Waals surface area contributed by atoms with E-state index in [4.69, 9.17) is 18.9 Å². The number of hydrogen-bond donors (Lipinski definition) is 3. The number of ether oxygens (including phenoxy) is 4. The number of likely N-dealkylation sites (tertiary alicyclic amines) is 1. The average Bonchev–Trinajstić information content (AvgIpc) is 3.05. The van der Waals surface area contributed by atoms with Crippen LogP contribution >= 0.6 is 11.8 Å². The molecule has 1 saturated heterocycles. The zero-order valence-electron chi connectivity index (χ0n) is 25.4. The van der Waals surface area contributed by atoms with E-state index in [0.717, 1.165) is 10.5 Å². The highest BCUT2D eigenvalue weighted by molar-refractivity contribution is 7.98. The highest BCUT2D eigenvalue weighted by Gasteiger charge is 2.33. The van der Waals surface area contributed by atoms with Gasteiger partial charge in [0.15, 0.2) is 0 Å². The topological polar surface area (TPSA) is 127 Å². The van der Waals surface area contributed by atoms with Crippen molar-refractivity contribution < 1.29 is 33.3 Å². The Labute approximate surface area is 266 Å². The molecule has 45 heavy (non-hydrogen) atoms. The third-order valence-corrected chi connectivity index (χ3v) is 8.24. The van der Waals surface area contributed by atoms with Crippen molar-refractivity contribution in [2.45, 2.75) is 30.1 Å². The fourth-order valence-electron chi connectivity index (χ4n) is 5.15. The van der Waals surface area contributed by atoms with Crippen LogP contribution in [0.3, 0.4) is 0 Å². The van der Waals surface area contributed by atoms with E-state index < -0.39 is 6.10 Å². The molecule has 0 spiro atoms. The Morgan fingerprint density at radius 2 is 1.82 bits per heavy atom. The number of amides is 4. The molecular formula is C33H38N4O7S. The molecule has 3 aromatic carbocycles. The number of fused-ring (bicyclic) bond motifs is 5. The van der Waals surface area contributed by atoms with Crippen LogP contribution in [-0.2, 0) is 16.1 Å². The summed E-state index contributed by atoms with van der Waals surface area (Å²) in [6, 6.07) is 19.3. The van der Waals surface area contributed by atoms with Crippen molar-refractivity contribution >= 4 is 29.6 Å². The van der Waals surface area contributed by atoms with Crippen LogP contribution < -0.4 is 25.4 Å². The number of benzene rings is 3. The lowest BCUT2D eigenvalue weighted by atomic mass is 10.0. The van der Waals surface area contributed by atoms with E-state index in [1.807, 2.05) is 54.8 Å². The molecule has 2 atom stereocenters. The standard InChI is InChI=1S/C33H38N4O7S/c1-41-14-15-42-26-17-24-18-27(19-26)44-25-5-3-4-22(16-25)21-43-30-20-37(32(39)23-6-8-28(45-2)9-7-23)13-10-29(30)36-33(40)35-12-11-34-31(24)38/h3-9,16-19,29-30H,10-15,20-21H2,1-2H3,(H,34,38)(H2,35,36,40)/t29-,30-/m0/s1. The van der Waals surface area contributed by atoms with Crippen molar-refractivity contribution in [3.8, 4) is 17.2 Å². The van der Waals surface area contributed by atoms with Crippen molar-refractivity contribution in [1.82, 2.24) is 20.9 Å². The van der Waals surface area contributed by atoms with E-state index in [1.54, 1.807) is 42.0 Å². The van der Waals surface area contributed by atoms with Crippen molar-refractivity contribution in [3.05, 3.63) is 83.4 Å². The van der Waals surface area contributed by atoms with Crippen molar-refractivity contribution in [2.24, 2.45) is 0 Å². The SMILES string of the molecule is COCCOc1cc2cc(c1)C(=O)NCCNC(=O)N[C@H]1CCN(C(=O)c3ccc(SC)cc3)C[C@@H]1OCc1cccc(c1)O2. The van der Waals surface area contributed by atoms with Gasteiger partial charge in [-0.1, -0.05) is 12.1 Å². The maximum Gasteiger partial charge on any atom is 0.315 e. The minimum absolute atomic E-state index is 0.0763. The van der Waals surface area contributed by atoms with Gasteiger partial charge in [-0.15, -0.1) is 11.8 Å². The third kappa shape index (κ3) is 8.90. The monoisotopic (exact) mass is 634 g/mol. The van der Waals surface area contributed by atoms with Crippen LogP contribution in [0.4, 0.5) is 4.79 Å². The molecule has 0 aromatic heterocycles. The lowest BCUT2D eigenvalue weighted by Crippen LogP contribution is -2.58. The summed E-state index contributed by atoms with van der Waals surface area (Å²) < 4.78 is 23.4. The lowest BCUT2D eigenvalue weighted by Gasteiger charge is -2.38. The van der Waals surface area contributed by atoms with Crippen molar-refractivity contribution in [3.63, 3.8) is 0 Å². The molecule has 0 aliphatic carbocycles. The molecule has 1 fully saturated rings. The molecule has 2 aliphatic heterocycles. The van der Waals surface area contributed by atoms with Gasteiger partial charge in [0.2, 0.25) is 0 Å². The number of nitrogens with zero attached hydrogens (tertiary/aromatic N) is 1. The van der Waals surface area contributed by atoms with Gasteiger partial charge in [-0.05, 0) is 66.8 Å². The molecule has 4 amide bonds. The quantitative estimate of drug-likeness (QED) is 0.274. The summed E-state index contributed by atoms with van der Waals surface area (Å²) in [4.78, 5) is 42.1. The van der Waals surface area contributed by atoms with Crippen molar-refractivity contribution in [2.75, 3.05) is 52.8 Å². The van der Waals surface area contributed by atoms with E-state index in [2.05, 4.69) is 16.0 Å². The fourth-order valence-corrected chi connectivity index (χ4v) is 5.56. The lowest BCUT2D eigenvalue weighted by molar-refractivity contribution is -0.0235. The van der Waals surface area contributed by atoms with Crippen LogP contribution in [0.1, 0.15) is 32.7 Å². The maximum atomic E-state index is 13.4. The Bertz CT molecular complexity index is 1490. The van der Waals surface area contributed by atoms with Gasteiger partial charge in [-0.3, -0.25) is 9.59 Å². The maximum absolute atomic E-state index is 13.4.